The maximum absolute atomic E-state index is 10.4. The first-order valence-corrected chi connectivity index (χ1v) is 6.08. The first-order chi connectivity index (χ1) is 8.58. The molecule has 0 saturated heterocycles. The van der Waals surface area contributed by atoms with Crippen LogP contribution >= 0.6 is 15.9 Å². The lowest BCUT2D eigenvalue weighted by molar-refractivity contribution is -0.131. The van der Waals surface area contributed by atoms with Gasteiger partial charge in [-0.15, -0.1) is 0 Å². The van der Waals surface area contributed by atoms with E-state index >= 15 is 0 Å². The van der Waals surface area contributed by atoms with Crippen molar-refractivity contribution in [2.24, 2.45) is 0 Å². The SMILES string of the molecule is Cc1nccn1-c1ccc(/C=C/C(=O)O)cc1Br. The quantitative estimate of drug-likeness (QED) is 0.887. The fraction of sp³-hybridized carbons (Fsp3) is 0.0769. The van der Waals surface area contributed by atoms with Gasteiger partial charge in [0.2, 0.25) is 0 Å². The number of carboxylic acid groups (broad SMARTS) is 1. The van der Waals surface area contributed by atoms with Gasteiger partial charge in [0.15, 0.2) is 0 Å². The van der Waals surface area contributed by atoms with Crippen molar-refractivity contribution in [2.75, 3.05) is 0 Å². The van der Waals surface area contributed by atoms with E-state index in [1.165, 1.54) is 0 Å². The number of imidazole rings is 1. The lowest BCUT2D eigenvalue weighted by Crippen LogP contribution is -1.96. The summed E-state index contributed by atoms with van der Waals surface area (Å²) in [5, 5.41) is 8.57. The normalized spacial score (nSPS) is 11.0. The molecule has 0 spiro atoms. The van der Waals surface area contributed by atoms with Gasteiger partial charge < -0.3 is 9.67 Å². The number of rotatable bonds is 3. The van der Waals surface area contributed by atoms with E-state index in [0.29, 0.717) is 0 Å². The van der Waals surface area contributed by atoms with Gasteiger partial charge in [-0.3, -0.25) is 0 Å². The zero-order valence-corrected chi connectivity index (χ0v) is 11.3. The van der Waals surface area contributed by atoms with Crippen LogP contribution in [0.2, 0.25) is 0 Å². The van der Waals surface area contributed by atoms with E-state index in [4.69, 9.17) is 5.11 Å². The zero-order chi connectivity index (χ0) is 13.1. The molecular formula is C13H11BrN2O2. The van der Waals surface area contributed by atoms with E-state index in [9.17, 15) is 4.79 Å². The molecule has 0 amide bonds. The van der Waals surface area contributed by atoms with Crippen molar-refractivity contribution in [3.05, 3.63) is 52.5 Å². The molecule has 1 N–H and O–H groups in total. The maximum Gasteiger partial charge on any atom is 0.328 e. The Morgan fingerprint density at radius 1 is 1.50 bits per heavy atom. The topological polar surface area (TPSA) is 55.1 Å². The first kappa shape index (κ1) is 12.6. The Labute approximate surface area is 113 Å². The fourth-order valence-corrected chi connectivity index (χ4v) is 2.21. The number of carboxylic acids is 1. The summed E-state index contributed by atoms with van der Waals surface area (Å²) in [6.45, 7) is 1.92. The van der Waals surface area contributed by atoms with Gasteiger partial charge in [-0.1, -0.05) is 6.07 Å². The lowest BCUT2D eigenvalue weighted by atomic mass is 10.2. The Kier molecular flexibility index (Phi) is 3.62. The minimum atomic E-state index is -0.958. The number of aryl methyl sites for hydroxylation is 1. The van der Waals surface area contributed by atoms with Crippen molar-refractivity contribution in [2.45, 2.75) is 6.92 Å². The molecule has 0 aliphatic carbocycles. The molecule has 0 aliphatic rings. The molecule has 2 aromatic rings. The van der Waals surface area contributed by atoms with Crippen molar-refractivity contribution in [1.29, 1.82) is 0 Å². The molecule has 0 fully saturated rings. The molecule has 0 atom stereocenters. The Morgan fingerprint density at radius 3 is 2.83 bits per heavy atom. The summed E-state index contributed by atoms with van der Waals surface area (Å²) in [4.78, 5) is 14.6. The number of benzene rings is 1. The highest BCUT2D eigenvalue weighted by Gasteiger charge is 2.05. The molecule has 0 aliphatic heterocycles. The molecule has 1 heterocycles. The second-order valence-corrected chi connectivity index (χ2v) is 4.58. The van der Waals surface area contributed by atoms with Gasteiger partial charge in [-0.2, -0.15) is 0 Å². The number of hydrogen-bond acceptors (Lipinski definition) is 2. The van der Waals surface area contributed by atoms with Crippen LogP contribution in [0, 0.1) is 6.92 Å². The third kappa shape index (κ3) is 2.68. The third-order valence-corrected chi connectivity index (χ3v) is 3.11. The highest BCUT2D eigenvalue weighted by molar-refractivity contribution is 9.10. The third-order valence-electron chi connectivity index (χ3n) is 2.48. The summed E-state index contributed by atoms with van der Waals surface area (Å²) < 4.78 is 2.84. The number of carbonyl (C=O) groups is 1. The summed E-state index contributed by atoms with van der Waals surface area (Å²) >= 11 is 3.48. The van der Waals surface area contributed by atoms with Crippen molar-refractivity contribution in [3.8, 4) is 5.69 Å². The molecule has 5 heteroatoms. The van der Waals surface area contributed by atoms with Crippen LogP contribution in [-0.4, -0.2) is 20.6 Å². The molecule has 0 unspecified atom stereocenters. The van der Waals surface area contributed by atoms with E-state index in [1.807, 2.05) is 35.9 Å². The molecule has 0 bridgehead atoms. The van der Waals surface area contributed by atoms with Gasteiger partial charge in [0.25, 0.3) is 0 Å². The van der Waals surface area contributed by atoms with Crippen LogP contribution in [0.1, 0.15) is 11.4 Å². The standard InChI is InChI=1S/C13H11BrN2O2/c1-9-15-6-7-16(9)12-4-2-10(8-11(12)14)3-5-13(17)18/h2-8H,1H3,(H,17,18)/b5-3+. The highest BCUT2D eigenvalue weighted by atomic mass is 79.9. The van der Waals surface area contributed by atoms with Crippen LogP contribution < -0.4 is 0 Å². The molecule has 2 rings (SSSR count). The highest BCUT2D eigenvalue weighted by Crippen LogP contribution is 2.24. The van der Waals surface area contributed by atoms with Gasteiger partial charge in [0, 0.05) is 22.9 Å². The summed E-state index contributed by atoms with van der Waals surface area (Å²) in [5.41, 5.74) is 1.79. The van der Waals surface area contributed by atoms with Gasteiger partial charge in [-0.05, 0) is 46.6 Å². The van der Waals surface area contributed by atoms with E-state index < -0.39 is 5.97 Å². The molecule has 1 aromatic carbocycles. The molecule has 92 valence electrons. The maximum atomic E-state index is 10.4. The van der Waals surface area contributed by atoms with Gasteiger partial charge in [-0.25, -0.2) is 9.78 Å². The Bertz CT molecular complexity index is 617. The van der Waals surface area contributed by atoms with Crippen LogP contribution in [0.25, 0.3) is 11.8 Å². The second kappa shape index (κ2) is 5.18. The first-order valence-electron chi connectivity index (χ1n) is 5.29. The monoisotopic (exact) mass is 306 g/mol. The Morgan fingerprint density at radius 2 is 2.28 bits per heavy atom. The zero-order valence-electron chi connectivity index (χ0n) is 9.67. The van der Waals surface area contributed by atoms with E-state index in [1.54, 1.807) is 12.3 Å². The average Bonchev–Trinajstić information content (AvgIpc) is 2.73. The number of aromatic nitrogens is 2. The van der Waals surface area contributed by atoms with E-state index in [0.717, 1.165) is 27.6 Å². The minimum absolute atomic E-state index is 0.825. The van der Waals surface area contributed by atoms with Gasteiger partial charge >= 0.3 is 5.97 Å². The molecule has 4 nitrogen and oxygen atoms in total. The van der Waals surface area contributed by atoms with Crippen LogP contribution in [-0.2, 0) is 4.79 Å². The number of halogens is 1. The van der Waals surface area contributed by atoms with Crippen molar-refractivity contribution >= 4 is 28.0 Å². The fourth-order valence-electron chi connectivity index (χ4n) is 1.62. The summed E-state index contributed by atoms with van der Waals surface area (Å²) in [7, 11) is 0. The van der Waals surface area contributed by atoms with E-state index in [-0.39, 0.29) is 0 Å². The van der Waals surface area contributed by atoms with Gasteiger partial charge in [0.05, 0.1) is 5.69 Å². The van der Waals surface area contributed by atoms with Crippen LogP contribution in [0.5, 0.6) is 0 Å². The van der Waals surface area contributed by atoms with Crippen molar-refractivity contribution < 1.29 is 9.90 Å². The molecular weight excluding hydrogens is 296 g/mol. The average molecular weight is 307 g/mol. The molecule has 0 saturated carbocycles. The van der Waals surface area contributed by atoms with Gasteiger partial charge in [0.1, 0.15) is 5.82 Å². The summed E-state index contributed by atoms with van der Waals surface area (Å²) in [5.74, 6) is -0.0646. The van der Waals surface area contributed by atoms with Crippen molar-refractivity contribution in [1.82, 2.24) is 9.55 Å². The van der Waals surface area contributed by atoms with Crippen LogP contribution in [0.4, 0.5) is 0 Å². The number of nitrogens with zero attached hydrogens (tertiary/aromatic N) is 2. The molecule has 18 heavy (non-hydrogen) atoms. The van der Waals surface area contributed by atoms with Crippen LogP contribution in [0.3, 0.4) is 0 Å². The second-order valence-electron chi connectivity index (χ2n) is 3.73. The summed E-state index contributed by atoms with van der Waals surface area (Å²) in [6.07, 6.45) is 6.28. The summed E-state index contributed by atoms with van der Waals surface area (Å²) in [6, 6.07) is 5.65. The minimum Gasteiger partial charge on any atom is -0.478 e. The van der Waals surface area contributed by atoms with Crippen LogP contribution in [0.15, 0.2) is 41.1 Å². The predicted octanol–water partition coefficient (Wildman–Crippen LogP) is 3.04. The molecule has 0 radical (unpaired) electrons. The number of hydrogen-bond donors (Lipinski definition) is 1. The van der Waals surface area contributed by atoms with E-state index in [2.05, 4.69) is 20.9 Å². The molecule has 1 aromatic heterocycles. The Hall–Kier alpha value is -1.88. The largest absolute Gasteiger partial charge is 0.478 e. The predicted molar refractivity (Wildman–Crippen MR) is 72.7 cm³/mol. The Balaban J connectivity index is 2.37. The number of aliphatic carboxylic acids is 1. The smallest absolute Gasteiger partial charge is 0.328 e. The van der Waals surface area contributed by atoms with Crippen molar-refractivity contribution in [3.63, 3.8) is 0 Å². The lowest BCUT2D eigenvalue weighted by Gasteiger charge is -2.08.